The lowest BCUT2D eigenvalue weighted by atomic mass is 10.2. The second-order valence-electron chi connectivity index (χ2n) is 4.77. The zero-order chi connectivity index (χ0) is 17.0. The van der Waals surface area contributed by atoms with Crippen molar-refractivity contribution in [3.8, 4) is 5.75 Å². The molecule has 0 aliphatic heterocycles. The maximum atomic E-state index is 13.8. The Morgan fingerprint density at radius 1 is 1.22 bits per heavy atom. The lowest BCUT2D eigenvalue weighted by Crippen LogP contribution is -2.13. The molecule has 5 nitrogen and oxygen atoms in total. The Kier molecular flexibility index (Phi) is 5.00. The first kappa shape index (κ1) is 17.0. The molecule has 0 bridgehead atoms. The van der Waals surface area contributed by atoms with Crippen LogP contribution in [0.3, 0.4) is 0 Å². The van der Waals surface area contributed by atoms with Crippen LogP contribution in [0, 0.1) is 5.82 Å². The molecule has 0 spiro atoms. The standard InChI is InChI=1S/C16H16FNO4S/c1-3-22-16-8-7-13(10-15(16)17)18-23(20,21)14-6-4-5-12(9-14)11(2)19/h4-10,18H,3H2,1-2H3. The SMILES string of the molecule is CCOc1ccc(NS(=O)(=O)c2cccc(C(C)=O)c2)cc1F. The van der Waals surface area contributed by atoms with Gasteiger partial charge in [0.2, 0.25) is 0 Å². The monoisotopic (exact) mass is 337 g/mol. The molecule has 0 unspecified atom stereocenters. The van der Waals surface area contributed by atoms with E-state index < -0.39 is 15.8 Å². The minimum absolute atomic E-state index is 0.0500. The second-order valence-corrected chi connectivity index (χ2v) is 6.45. The van der Waals surface area contributed by atoms with Gasteiger partial charge in [0.1, 0.15) is 0 Å². The van der Waals surface area contributed by atoms with Gasteiger partial charge in [-0.15, -0.1) is 0 Å². The van der Waals surface area contributed by atoms with Gasteiger partial charge in [0.25, 0.3) is 10.0 Å². The van der Waals surface area contributed by atoms with E-state index in [4.69, 9.17) is 4.74 Å². The smallest absolute Gasteiger partial charge is 0.261 e. The van der Waals surface area contributed by atoms with Crippen LogP contribution in [0.2, 0.25) is 0 Å². The van der Waals surface area contributed by atoms with Crippen molar-refractivity contribution in [3.05, 3.63) is 53.8 Å². The molecule has 1 N–H and O–H groups in total. The average Bonchev–Trinajstić information content (AvgIpc) is 2.50. The fraction of sp³-hybridized carbons (Fsp3) is 0.188. The molecule has 0 heterocycles. The summed E-state index contributed by atoms with van der Waals surface area (Å²) in [6, 6.07) is 9.43. The van der Waals surface area contributed by atoms with Gasteiger partial charge in [0, 0.05) is 11.6 Å². The first-order valence-electron chi connectivity index (χ1n) is 6.89. The first-order valence-corrected chi connectivity index (χ1v) is 8.38. The van der Waals surface area contributed by atoms with Crippen molar-refractivity contribution in [1.82, 2.24) is 0 Å². The third-order valence-corrected chi connectivity index (χ3v) is 4.41. The van der Waals surface area contributed by atoms with Crippen LogP contribution in [0.1, 0.15) is 24.2 Å². The van der Waals surface area contributed by atoms with E-state index in [2.05, 4.69) is 4.72 Å². The van der Waals surface area contributed by atoms with Crippen LogP contribution in [0.5, 0.6) is 5.75 Å². The Bertz CT molecular complexity index is 834. The second kappa shape index (κ2) is 6.78. The van der Waals surface area contributed by atoms with Crippen LogP contribution >= 0.6 is 0 Å². The van der Waals surface area contributed by atoms with Gasteiger partial charge in [0.15, 0.2) is 17.3 Å². The van der Waals surface area contributed by atoms with Crippen molar-refractivity contribution in [2.24, 2.45) is 0 Å². The van der Waals surface area contributed by atoms with E-state index in [-0.39, 0.29) is 27.7 Å². The molecule has 7 heteroatoms. The highest BCUT2D eigenvalue weighted by molar-refractivity contribution is 7.92. The number of hydrogen-bond donors (Lipinski definition) is 1. The molecule has 23 heavy (non-hydrogen) atoms. The van der Waals surface area contributed by atoms with Crippen LogP contribution < -0.4 is 9.46 Å². The van der Waals surface area contributed by atoms with Gasteiger partial charge in [-0.25, -0.2) is 12.8 Å². The Hall–Kier alpha value is -2.41. The van der Waals surface area contributed by atoms with Gasteiger partial charge in [-0.05, 0) is 38.1 Å². The number of Topliss-reactive ketones (excluding diaryl/α,β-unsaturated/α-hetero) is 1. The van der Waals surface area contributed by atoms with Crippen LogP contribution in [-0.4, -0.2) is 20.8 Å². The molecule has 2 aromatic carbocycles. The largest absolute Gasteiger partial charge is 0.491 e. The summed E-state index contributed by atoms with van der Waals surface area (Å²) in [7, 11) is -3.92. The number of benzene rings is 2. The molecule has 122 valence electrons. The van der Waals surface area contributed by atoms with Crippen LogP contribution in [-0.2, 0) is 10.0 Å². The number of carbonyl (C=O) groups excluding carboxylic acids is 1. The summed E-state index contributed by atoms with van der Waals surface area (Å²) in [6.07, 6.45) is 0. The predicted octanol–water partition coefficient (Wildman–Crippen LogP) is 3.23. The Labute approximate surface area is 134 Å². The summed E-state index contributed by atoms with van der Waals surface area (Å²) in [5.74, 6) is -0.854. The number of nitrogens with one attached hydrogen (secondary N) is 1. The number of sulfonamides is 1. The maximum Gasteiger partial charge on any atom is 0.261 e. The van der Waals surface area contributed by atoms with Crippen LogP contribution in [0.4, 0.5) is 10.1 Å². The lowest BCUT2D eigenvalue weighted by molar-refractivity contribution is 0.101. The van der Waals surface area contributed by atoms with Gasteiger partial charge >= 0.3 is 0 Å². The molecule has 0 saturated carbocycles. The van der Waals surface area contributed by atoms with E-state index in [1.165, 1.54) is 43.3 Å². The van der Waals surface area contributed by atoms with Gasteiger partial charge in [0.05, 0.1) is 17.2 Å². The Balaban J connectivity index is 2.29. The molecule has 0 aromatic heterocycles. The molecule has 0 saturated heterocycles. The van der Waals surface area contributed by atoms with Crippen molar-refractivity contribution in [2.75, 3.05) is 11.3 Å². The fourth-order valence-electron chi connectivity index (χ4n) is 1.93. The third-order valence-electron chi connectivity index (χ3n) is 3.03. The minimum atomic E-state index is -3.92. The molecule has 2 aromatic rings. The Morgan fingerprint density at radius 2 is 1.96 bits per heavy atom. The number of hydrogen-bond acceptors (Lipinski definition) is 4. The summed E-state index contributed by atoms with van der Waals surface area (Å²) < 4.78 is 45.8. The van der Waals surface area contributed by atoms with Crippen molar-refractivity contribution in [3.63, 3.8) is 0 Å². The summed E-state index contributed by atoms with van der Waals surface area (Å²) in [6.45, 7) is 3.37. The maximum absolute atomic E-state index is 13.8. The summed E-state index contributed by atoms with van der Waals surface area (Å²) in [5.41, 5.74) is 0.352. The highest BCUT2D eigenvalue weighted by atomic mass is 32.2. The number of halogens is 1. The summed E-state index contributed by atoms with van der Waals surface area (Å²) >= 11 is 0. The molecule has 0 aliphatic carbocycles. The molecule has 0 fully saturated rings. The molecule has 0 radical (unpaired) electrons. The van der Waals surface area contributed by atoms with Crippen molar-refractivity contribution in [2.45, 2.75) is 18.7 Å². The van der Waals surface area contributed by atoms with Gasteiger partial charge in [-0.1, -0.05) is 12.1 Å². The summed E-state index contributed by atoms with van der Waals surface area (Å²) in [4.78, 5) is 11.3. The minimum Gasteiger partial charge on any atom is -0.491 e. The molecule has 0 aliphatic rings. The average molecular weight is 337 g/mol. The number of carbonyl (C=O) groups is 1. The van der Waals surface area contributed by atoms with E-state index >= 15 is 0 Å². The zero-order valence-corrected chi connectivity index (χ0v) is 13.5. The zero-order valence-electron chi connectivity index (χ0n) is 12.7. The van der Waals surface area contributed by atoms with E-state index in [0.29, 0.717) is 6.61 Å². The number of ketones is 1. The van der Waals surface area contributed by atoms with Crippen molar-refractivity contribution < 1.29 is 22.3 Å². The van der Waals surface area contributed by atoms with E-state index in [1.54, 1.807) is 6.92 Å². The van der Waals surface area contributed by atoms with Crippen LogP contribution in [0.15, 0.2) is 47.4 Å². The highest BCUT2D eigenvalue weighted by Gasteiger charge is 2.16. The third kappa shape index (κ3) is 4.07. The molecular weight excluding hydrogens is 321 g/mol. The van der Waals surface area contributed by atoms with E-state index in [9.17, 15) is 17.6 Å². The van der Waals surface area contributed by atoms with Gasteiger partial charge in [-0.3, -0.25) is 9.52 Å². The van der Waals surface area contributed by atoms with E-state index in [1.807, 2.05) is 0 Å². The van der Waals surface area contributed by atoms with Gasteiger partial charge in [-0.2, -0.15) is 0 Å². The number of rotatable bonds is 6. The van der Waals surface area contributed by atoms with Crippen molar-refractivity contribution >= 4 is 21.5 Å². The molecule has 2 rings (SSSR count). The predicted molar refractivity (Wildman–Crippen MR) is 84.8 cm³/mol. The first-order chi connectivity index (χ1) is 10.8. The normalized spacial score (nSPS) is 11.1. The summed E-state index contributed by atoms with van der Waals surface area (Å²) in [5, 5.41) is 0. The fourth-order valence-corrected chi connectivity index (χ4v) is 3.03. The quantitative estimate of drug-likeness (QED) is 0.822. The van der Waals surface area contributed by atoms with Crippen LogP contribution in [0.25, 0.3) is 0 Å². The number of anilines is 1. The Morgan fingerprint density at radius 3 is 2.57 bits per heavy atom. The molecular formula is C16H16FNO4S. The van der Waals surface area contributed by atoms with Gasteiger partial charge < -0.3 is 4.74 Å². The molecule has 0 amide bonds. The highest BCUT2D eigenvalue weighted by Crippen LogP contribution is 2.23. The van der Waals surface area contributed by atoms with E-state index in [0.717, 1.165) is 6.07 Å². The van der Waals surface area contributed by atoms with Crippen molar-refractivity contribution in [1.29, 1.82) is 0 Å². The molecule has 0 atom stereocenters. The number of ether oxygens (including phenoxy) is 1. The lowest BCUT2D eigenvalue weighted by Gasteiger charge is -2.10. The topological polar surface area (TPSA) is 72.5 Å².